The standard InChI is InChI=1S/C29H35NO4SSi/c1-29(2,3)36(26-14-7-5-8-15-26,27-16-9-6-10-17-27)34-22-23(21-33-35(4,31)32)19-25-20-24-13-11-12-18-28(24)30-25/h5-18,20,23,30H,19,21-22H2,1-4H3/t23-/m0/s1. The molecule has 0 aliphatic heterocycles. The molecular formula is C29H35NO4SSi. The van der Waals surface area contributed by atoms with Gasteiger partial charge in [-0.25, -0.2) is 0 Å². The number of aromatic amines is 1. The summed E-state index contributed by atoms with van der Waals surface area (Å²) in [5.74, 6) is -0.158. The summed E-state index contributed by atoms with van der Waals surface area (Å²) in [5.41, 5.74) is 2.09. The molecule has 5 nitrogen and oxygen atoms in total. The maximum atomic E-state index is 11.9. The summed E-state index contributed by atoms with van der Waals surface area (Å²) >= 11 is 0. The van der Waals surface area contributed by atoms with Crippen molar-refractivity contribution in [1.29, 1.82) is 0 Å². The Morgan fingerprint density at radius 3 is 1.92 bits per heavy atom. The predicted octanol–water partition coefficient (Wildman–Crippen LogP) is 4.88. The first-order valence-electron chi connectivity index (χ1n) is 12.2. The van der Waals surface area contributed by atoms with E-state index < -0.39 is 18.4 Å². The second-order valence-electron chi connectivity index (χ2n) is 10.4. The van der Waals surface area contributed by atoms with Crippen molar-refractivity contribution in [3.63, 3.8) is 0 Å². The van der Waals surface area contributed by atoms with Crippen LogP contribution in [-0.4, -0.2) is 41.2 Å². The zero-order chi connectivity index (χ0) is 25.8. The van der Waals surface area contributed by atoms with Crippen molar-refractivity contribution in [1.82, 2.24) is 4.98 Å². The van der Waals surface area contributed by atoms with E-state index in [9.17, 15) is 8.42 Å². The molecule has 0 spiro atoms. The Balaban J connectivity index is 1.70. The van der Waals surface area contributed by atoms with Crippen LogP contribution in [0.4, 0.5) is 0 Å². The van der Waals surface area contributed by atoms with Gasteiger partial charge < -0.3 is 9.41 Å². The van der Waals surface area contributed by atoms with Crippen molar-refractivity contribution < 1.29 is 17.0 Å². The SMILES string of the molecule is CC(C)(C)[Si](OC[C@H](COS(C)(=O)=O)Cc1cc2ccccc2[nH]1)(c1ccccc1)c1ccccc1. The number of para-hydroxylation sites is 1. The largest absolute Gasteiger partial charge is 0.407 e. The van der Waals surface area contributed by atoms with Gasteiger partial charge in [-0.1, -0.05) is 99.6 Å². The van der Waals surface area contributed by atoms with E-state index in [4.69, 9.17) is 8.61 Å². The van der Waals surface area contributed by atoms with Crippen LogP contribution in [0.15, 0.2) is 91.0 Å². The number of hydrogen-bond donors (Lipinski definition) is 1. The van der Waals surface area contributed by atoms with Crippen LogP contribution >= 0.6 is 0 Å². The number of rotatable bonds is 10. The lowest BCUT2D eigenvalue weighted by Gasteiger charge is -2.43. The van der Waals surface area contributed by atoms with Gasteiger partial charge in [0.1, 0.15) is 0 Å². The van der Waals surface area contributed by atoms with Crippen molar-refractivity contribution in [2.45, 2.75) is 32.2 Å². The maximum absolute atomic E-state index is 11.9. The number of fused-ring (bicyclic) bond motifs is 1. The highest BCUT2D eigenvalue weighted by atomic mass is 32.2. The molecule has 3 aromatic carbocycles. The number of H-pyrrole nitrogens is 1. The van der Waals surface area contributed by atoms with Gasteiger partial charge in [-0.05, 0) is 39.4 Å². The normalized spacial score (nSPS) is 13.7. The minimum Gasteiger partial charge on any atom is -0.407 e. The highest BCUT2D eigenvalue weighted by molar-refractivity contribution is 7.85. The van der Waals surface area contributed by atoms with Gasteiger partial charge in [0.05, 0.1) is 12.9 Å². The summed E-state index contributed by atoms with van der Waals surface area (Å²) < 4.78 is 36.1. The molecule has 7 heteroatoms. The summed E-state index contributed by atoms with van der Waals surface area (Å²) in [7, 11) is -6.33. The molecule has 190 valence electrons. The number of hydrogen-bond acceptors (Lipinski definition) is 4. The average molecular weight is 522 g/mol. The molecule has 36 heavy (non-hydrogen) atoms. The second kappa shape index (κ2) is 10.7. The van der Waals surface area contributed by atoms with Gasteiger partial charge in [0.25, 0.3) is 18.4 Å². The molecule has 1 atom stereocenters. The third-order valence-electron chi connectivity index (χ3n) is 6.56. The third-order valence-corrected chi connectivity index (χ3v) is 12.1. The van der Waals surface area contributed by atoms with E-state index >= 15 is 0 Å². The molecule has 0 aliphatic carbocycles. The minimum atomic E-state index is -3.58. The molecule has 1 aromatic heterocycles. The Bertz CT molecular complexity index is 1310. The summed E-state index contributed by atoms with van der Waals surface area (Å²) in [4.78, 5) is 3.46. The fraction of sp³-hybridized carbons (Fsp3) is 0.310. The predicted molar refractivity (Wildman–Crippen MR) is 150 cm³/mol. The van der Waals surface area contributed by atoms with Crippen LogP contribution < -0.4 is 10.4 Å². The van der Waals surface area contributed by atoms with Gasteiger partial charge in [-0.3, -0.25) is 4.18 Å². The Labute approximate surface area is 215 Å². The smallest absolute Gasteiger partial charge is 0.264 e. The molecule has 0 fully saturated rings. The van der Waals surface area contributed by atoms with Crippen LogP contribution in [0.2, 0.25) is 5.04 Å². The van der Waals surface area contributed by atoms with Crippen LogP contribution in [0.5, 0.6) is 0 Å². The summed E-state index contributed by atoms with van der Waals surface area (Å²) in [5, 5.41) is 3.34. The van der Waals surface area contributed by atoms with E-state index in [0.29, 0.717) is 13.0 Å². The lowest BCUT2D eigenvalue weighted by molar-refractivity contribution is 0.173. The molecule has 1 heterocycles. The topological polar surface area (TPSA) is 68.4 Å². The van der Waals surface area contributed by atoms with Crippen molar-refractivity contribution in [3.05, 3.63) is 96.7 Å². The van der Waals surface area contributed by atoms with Gasteiger partial charge >= 0.3 is 0 Å². The molecular weight excluding hydrogens is 486 g/mol. The van der Waals surface area contributed by atoms with Crippen molar-refractivity contribution >= 4 is 39.7 Å². The minimum absolute atomic E-state index is 0.0619. The zero-order valence-corrected chi connectivity index (χ0v) is 23.2. The third kappa shape index (κ3) is 5.98. The van der Waals surface area contributed by atoms with Crippen molar-refractivity contribution in [3.8, 4) is 0 Å². The van der Waals surface area contributed by atoms with Crippen LogP contribution in [-0.2, 0) is 25.1 Å². The molecule has 0 saturated carbocycles. The molecule has 4 aromatic rings. The fourth-order valence-corrected chi connectivity index (χ4v) is 10.0. The summed E-state index contributed by atoms with van der Waals surface area (Å²) in [6.45, 7) is 7.14. The number of nitrogens with one attached hydrogen (secondary N) is 1. The Morgan fingerprint density at radius 2 is 1.39 bits per heavy atom. The van der Waals surface area contributed by atoms with Gasteiger partial charge in [0, 0.05) is 23.7 Å². The Hall–Kier alpha value is -2.71. The van der Waals surface area contributed by atoms with Crippen molar-refractivity contribution in [2.75, 3.05) is 19.5 Å². The fourth-order valence-electron chi connectivity index (χ4n) is 4.94. The first kappa shape index (κ1) is 26.4. The molecule has 0 unspecified atom stereocenters. The van der Waals surface area contributed by atoms with Crippen molar-refractivity contribution in [2.24, 2.45) is 5.92 Å². The zero-order valence-electron chi connectivity index (χ0n) is 21.4. The molecule has 4 rings (SSSR count). The van der Waals surface area contributed by atoms with Gasteiger partial charge in [-0.2, -0.15) is 8.42 Å². The van der Waals surface area contributed by atoms with E-state index in [0.717, 1.165) is 22.9 Å². The van der Waals surface area contributed by atoms with Crippen LogP contribution in [0, 0.1) is 5.92 Å². The monoisotopic (exact) mass is 521 g/mol. The Morgan fingerprint density at radius 1 is 0.833 bits per heavy atom. The first-order valence-corrected chi connectivity index (χ1v) is 16.0. The van der Waals surface area contributed by atoms with Gasteiger partial charge in [0.2, 0.25) is 0 Å². The molecule has 0 radical (unpaired) electrons. The average Bonchev–Trinajstić information content (AvgIpc) is 3.25. The van der Waals surface area contributed by atoms with Crippen LogP contribution in [0.25, 0.3) is 10.9 Å². The van der Waals surface area contributed by atoms with Crippen LogP contribution in [0.1, 0.15) is 26.5 Å². The lowest BCUT2D eigenvalue weighted by Crippen LogP contribution is -2.67. The molecule has 0 bridgehead atoms. The molecule has 0 saturated heterocycles. The highest BCUT2D eigenvalue weighted by Crippen LogP contribution is 2.37. The quantitative estimate of drug-likeness (QED) is 0.239. The highest BCUT2D eigenvalue weighted by Gasteiger charge is 2.50. The van der Waals surface area contributed by atoms with Gasteiger partial charge in [0.15, 0.2) is 0 Å². The number of aromatic nitrogens is 1. The Kier molecular flexibility index (Phi) is 7.85. The van der Waals surface area contributed by atoms with E-state index in [1.807, 2.05) is 30.3 Å². The summed E-state index contributed by atoms with van der Waals surface area (Å²) in [6, 6.07) is 31.1. The second-order valence-corrected chi connectivity index (χ2v) is 16.4. The maximum Gasteiger partial charge on any atom is 0.264 e. The first-order chi connectivity index (χ1) is 17.1. The molecule has 0 amide bonds. The van der Waals surface area contributed by atoms with Crippen LogP contribution in [0.3, 0.4) is 0 Å². The summed E-state index contributed by atoms with van der Waals surface area (Å²) in [6.07, 6.45) is 1.71. The van der Waals surface area contributed by atoms with E-state index in [2.05, 4.69) is 86.4 Å². The van der Waals surface area contributed by atoms with E-state index in [1.54, 1.807) is 0 Å². The molecule has 1 N–H and O–H groups in total. The lowest BCUT2D eigenvalue weighted by atomic mass is 10.1. The van der Waals surface area contributed by atoms with E-state index in [-0.39, 0.29) is 17.6 Å². The number of benzene rings is 3. The van der Waals surface area contributed by atoms with E-state index in [1.165, 1.54) is 10.4 Å². The van der Waals surface area contributed by atoms with Gasteiger partial charge in [-0.15, -0.1) is 0 Å². The molecule has 0 aliphatic rings.